The van der Waals surface area contributed by atoms with Crippen molar-refractivity contribution < 1.29 is 4.74 Å². The summed E-state index contributed by atoms with van der Waals surface area (Å²) >= 11 is 0. The summed E-state index contributed by atoms with van der Waals surface area (Å²) in [5.41, 5.74) is 9.47. The van der Waals surface area contributed by atoms with E-state index in [1.807, 2.05) is 47.9 Å². The third-order valence-electron chi connectivity index (χ3n) is 3.24. The van der Waals surface area contributed by atoms with Crippen LogP contribution >= 0.6 is 0 Å². The van der Waals surface area contributed by atoms with Gasteiger partial charge in [0.05, 0.1) is 12.3 Å². The van der Waals surface area contributed by atoms with Crippen LogP contribution in [0.25, 0.3) is 16.9 Å². The standard InChI is InChI=1S/C16H18N4O/c1-3-10-21-13-7-5-12(6-8-13)20-15-14(19-16(20)17)9-4-11(2)18-15/h4-9H,3,10H2,1-2H3,(H2,17,19). The predicted molar refractivity (Wildman–Crippen MR) is 83.8 cm³/mol. The molecule has 21 heavy (non-hydrogen) atoms. The Bertz CT molecular complexity index is 762. The maximum atomic E-state index is 6.03. The fourth-order valence-electron chi connectivity index (χ4n) is 2.24. The van der Waals surface area contributed by atoms with Crippen molar-refractivity contribution in [1.29, 1.82) is 0 Å². The molecule has 0 amide bonds. The third kappa shape index (κ3) is 2.54. The normalized spacial score (nSPS) is 11.0. The highest BCUT2D eigenvalue weighted by Crippen LogP contribution is 2.23. The number of aromatic nitrogens is 3. The Morgan fingerprint density at radius 1 is 1.10 bits per heavy atom. The van der Waals surface area contributed by atoms with E-state index < -0.39 is 0 Å². The van der Waals surface area contributed by atoms with Crippen LogP contribution in [0.2, 0.25) is 0 Å². The van der Waals surface area contributed by atoms with E-state index in [1.165, 1.54) is 0 Å². The summed E-state index contributed by atoms with van der Waals surface area (Å²) in [6.07, 6.45) is 0.990. The zero-order valence-corrected chi connectivity index (χ0v) is 12.2. The molecule has 0 atom stereocenters. The second kappa shape index (κ2) is 5.44. The molecular formula is C16H18N4O. The maximum Gasteiger partial charge on any atom is 0.207 e. The number of hydrogen-bond acceptors (Lipinski definition) is 4. The summed E-state index contributed by atoms with van der Waals surface area (Å²) in [5.74, 6) is 1.29. The first-order valence-electron chi connectivity index (χ1n) is 7.04. The van der Waals surface area contributed by atoms with E-state index in [2.05, 4.69) is 16.9 Å². The number of aryl methyl sites for hydroxylation is 1. The minimum absolute atomic E-state index is 0.435. The lowest BCUT2D eigenvalue weighted by molar-refractivity contribution is 0.317. The molecule has 2 aromatic heterocycles. The SMILES string of the molecule is CCCOc1ccc(-n2c(N)nc3ccc(C)nc32)cc1. The first-order chi connectivity index (χ1) is 10.2. The van der Waals surface area contributed by atoms with E-state index in [0.29, 0.717) is 5.95 Å². The molecule has 2 N–H and O–H groups in total. The van der Waals surface area contributed by atoms with Gasteiger partial charge in [-0.05, 0) is 49.7 Å². The molecular weight excluding hydrogens is 264 g/mol. The Labute approximate surface area is 123 Å². The summed E-state index contributed by atoms with van der Waals surface area (Å²) in [4.78, 5) is 8.88. The first-order valence-corrected chi connectivity index (χ1v) is 7.04. The lowest BCUT2D eigenvalue weighted by Gasteiger charge is -2.08. The van der Waals surface area contributed by atoms with Gasteiger partial charge in [0, 0.05) is 5.69 Å². The summed E-state index contributed by atoms with van der Waals surface area (Å²) in [6, 6.07) is 11.7. The van der Waals surface area contributed by atoms with Gasteiger partial charge in [-0.1, -0.05) is 6.92 Å². The van der Waals surface area contributed by atoms with E-state index in [4.69, 9.17) is 10.5 Å². The van der Waals surface area contributed by atoms with Gasteiger partial charge >= 0.3 is 0 Å². The van der Waals surface area contributed by atoms with Crippen molar-refractivity contribution in [2.75, 3.05) is 12.3 Å². The average molecular weight is 282 g/mol. The van der Waals surface area contributed by atoms with Crippen LogP contribution in [0.5, 0.6) is 5.75 Å². The van der Waals surface area contributed by atoms with Crippen molar-refractivity contribution in [1.82, 2.24) is 14.5 Å². The number of hydrogen-bond donors (Lipinski definition) is 1. The smallest absolute Gasteiger partial charge is 0.207 e. The molecule has 0 aliphatic heterocycles. The van der Waals surface area contributed by atoms with E-state index in [-0.39, 0.29) is 0 Å². The minimum Gasteiger partial charge on any atom is -0.494 e. The van der Waals surface area contributed by atoms with Crippen molar-refractivity contribution >= 4 is 17.1 Å². The van der Waals surface area contributed by atoms with E-state index in [9.17, 15) is 0 Å². The highest BCUT2D eigenvalue weighted by atomic mass is 16.5. The Balaban J connectivity index is 2.03. The molecule has 3 aromatic rings. The molecule has 0 spiro atoms. The Morgan fingerprint density at radius 2 is 1.86 bits per heavy atom. The van der Waals surface area contributed by atoms with Crippen molar-refractivity contribution in [2.45, 2.75) is 20.3 Å². The highest BCUT2D eigenvalue weighted by molar-refractivity contribution is 5.77. The molecule has 5 nitrogen and oxygen atoms in total. The fraction of sp³-hybridized carbons (Fsp3) is 0.250. The van der Waals surface area contributed by atoms with Crippen LogP contribution in [-0.4, -0.2) is 21.1 Å². The van der Waals surface area contributed by atoms with Gasteiger partial charge in [0.1, 0.15) is 11.3 Å². The number of rotatable bonds is 4. The van der Waals surface area contributed by atoms with Crippen LogP contribution in [-0.2, 0) is 0 Å². The van der Waals surface area contributed by atoms with Crippen LogP contribution in [0, 0.1) is 6.92 Å². The summed E-state index contributed by atoms with van der Waals surface area (Å²) in [5, 5.41) is 0. The molecule has 0 saturated heterocycles. The number of nitrogens with zero attached hydrogens (tertiary/aromatic N) is 3. The molecule has 0 radical (unpaired) electrons. The second-order valence-corrected chi connectivity index (χ2v) is 4.94. The largest absolute Gasteiger partial charge is 0.494 e. The number of ether oxygens (including phenoxy) is 1. The van der Waals surface area contributed by atoms with Gasteiger partial charge < -0.3 is 10.5 Å². The summed E-state index contributed by atoms with van der Waals surface area (Å²) < 4.78 is 7.45. The van der Waals surface area contributed by atoms with E-state index in [1.54, 1.807) is 0 Å². The summed E-state index contributed by atoms with van der Waals surface area (Å²) in [7, 11) is 0. The molecule has 0 fully saturated rings. The van der Waals surface area contributed by atoms with Crippen LogP contribution in [0.3, 0.4) is 0 Å². The van der Waals surface area contributed by atoms with Gasteiger partial charge in [0.15, 0.2) is 5.65 Å². The number of nitrogen functional groups attached to an aromatic ring is 1. The molecule has 0 aliphatic rings. The van der Waals surface area contributed by atoms with Gasteiger partial charge in [0.25, 0.3) is 0 Å². The Hall–Kier alpha value is -2.56. The molecule has 2 heterocycles. The first kappa shape index (κ1) is 13.4. The maximum absolute atomic E-state index is 6.03. The van der Waals surface area contributed by atoms with Crippen molar-refractivity contribution in [3.05, 3.63) is 42.1 Å². The zero-order chi connectivity index (χ0) is 14.8. The minimum atomic E-state index is 0.435. The molecule has 0 aliphatic carbocycles. The molecule has 0 saturated carbocycles. The number of imidazole rings is 1. The average Bonchev–Trinajstić information content (AvgIpc) is 2.81. The van der Waals surface area contributed by atoms with Crippen LogP contribution < -0.4 is 10.5 Å². The van der Waals surface area contributed by atoms with Crippen molar-refractivity contribution in [2.24, 2.45) is 0 Å². The van der Waals surface area contributed by atoms with Gasteiger partial charge in [-0.15, -0.1) is 0 Å². The van der Waals surface area contributed by atoms with Crippen LogP contribution in [0.4, 0.5) is 5.95 Å². The van der Waals surface area contributed by atoms with Crippen molar-refractivity contribution in [3.8, 4) is 11.4 Å². The topological polar surface area (TPSA) is 66.0 Å². The number of anilines is 1. The molecule has 5 heteroatoms. The van der Waals surface area contributed by atoms with Crippen LogP contribution in [0.15, 0.2) is 36.4 Å². The summed E-state index contributed by atoms with van der Waals surface area (Å²) in [6.45, 7) is 4.76. The Morgan fingerprint density at radius 3 is 2.57 bits per heavy atom. The molecule has 0 unspecified atom stereocenters. The van der Waals surface area contributed by atoms with E-state index in [0.717, 1.165) is 41.3 Å². The monoisotopic (exact) mass is 282 g/mol. The van der Waals surface area contributed by atoms with E-state index >= 15 is 0 Å². The van der Waals surface area contributed by atoms with Crippen molar-refractivity contribution in [3.63, 3.8) is 0 Å². The predicted octanol–water partition coefficient (Wildman–Crippen LogP) is 3.10. The zero-order valence-electron chi connectivity index (χ0n) is 12.2. The molecule has 3 rings (SSSR count). The highest BCUT2D eigenvalue weighted by Gasteiger charge is 2.11. The number of fused-ring (bicyclic) bond motifs is 1. The lowest BCUT2D eigenvalue weighted by atomic mass is 10.3. The Kier molecular flexibility index (Phi) is 3.48. The van der Waals surface area contributed by atoms with Gasteiger partial charge in [0.2, 0.25) is 5.95 Å². The van der Waals surface area contributed by atoms with Gasteiger partial charge in [-0.2, -0.15) is 0 Å². The number of nitrogens with two attached hydrogens (primary N) is 1. The second-order valence-electron chi connectivity index (χ2n) is 4.94. The number of pyridine rings is 1. The van der Waals surface area contributed by atoms with Crippen LogP contribution in [0.1, 0.15) is 19.0 Å². The third-order valence-corrected chi connectivity index (χ3v) is 3.24. The van der Waals surface area contributed by atoms with Gasteiger partial charge in [-0.25, -0.2) is 9.97 Å². The van der Waals surface area contributed by atoms with Gasteiger partial charge in [-0.3, -0.25) is 4.57 Å². The molecule has 1 aromatic carbocycles. The lowest BCUT2D eigenvalue weighted by Crippen LogP contribution is -2.02. The molecule has 108 valence electrons. The molecule has 0 bridgehead atoms. The fourth-order valence-corrected chi connectivity index (χ4v) is 2.24. The quantitative estimate of drug-likeness (QED) is 0.798. The number of benzene rings is 1.